The van der Waals surface area contributed by atoms with E-state index in [2.05, 4.69) is 46.4 Å². The van der Waals surface area contributed by atoms with E-state index in [-0.39, 0.29) is 17.6 Å². The summed E-state index contributed by atoms with van der Waals surface area (Å²) in [6.07, 6.45) is 2.54. The number of hydrogen-bond acceptors (Lipinski definition) is 5. The number of carbonyl (C=O) groups excluding carboxylic acids is 1. The van der Waals surface area contributed by atoms with Gasteiger partial charge < -0.3 is 4.74 Å². The molecule has 6 rings (SSSR count). The Morgan fingerprint density at radius 2 is 1.49 bits per heavy atom. The molecule has 0 amide bonds. The molecule has 1 atom stereocenters. The van der Waals surface area contributed by atoms with Gasteiger partial charge in [-0.15, -0.1) is 0 Å². The number of rotatable bonds is 5. The molecule has 2 aliphatic rings. The van der Waals surface area contributed by atoms with Gasteiger partial charge in [-0.2, -0.15) is 5.10 Å². The summed E-state index contributed by atoms with van der Waals surface area (Å²) in [7, 11) is 0. The second-order valence-corrected chi connectivity index (χ2v) is 9.26. The third-order valence-corrected chi connectivity index (χ3v) is 6.63. The molecule has 180 valence electrons. The van der Waals surface area contributed by atoms with E-state index in [4.69, 9.17) is 21.4 Å². The maximum absolute atomic E-state index is 12.4. The number of nitrogens with zero attached hydrogens (tertiary/aromatic N) is 3. The van der Waals surface area contributed by atoms with Crippen molar-refractivity contribution in [1.29, 1.82) is 0 Å². The smallest absolute Gasteiger partial charge is 0.363 e. The molecular weight excluding hydrogens is 482 g/mol. The van der Waals surface area contributed by atoms with Crippen LogP contribution in [0.25, 0.3) is 6.08 Å². The topological polar surface area (TPSA) is 54.3 Å². The molecule has 2 aliphatic heterocycles. The third-order valence-electron chi connectivity index (χ3n) is 6.37. The predicted molar refractivity (Wildman–Crippen MR) is 148 cm³/mol. The van der Waals surface area contributed by atoms with Crippen molar-refractivity contribution in [3.63, 3.8) is 0 Å². The van der Waals surface area contributed by atoms with E-state index < -0.39 is 5.97 Å². The number of anilines is 1. The molecular formula is C31H22ClN3O2. The highest BCUT2D eigenvalue weighted by molar-refractivity contribution is 6.30. The van der Waals surface area contributed by atoms with Crippen LogP contribution in [0.5, 0.6) is 0 Å². The SMILES string of the molecule is O=C1OC(c2ccc(Cl)cc2)=N/C1=C/c1ccc(N2N=C(c3ccccc3)C[C@@H]2c2ccccc2)cc1. The van der Waals surface area contributed by atoms with Crippen LogP contribution in [-0.4, -0.2) is 17.6 Å². The zero-order valence-electron chi connectivity index (χ0n) is 19.8. The number of esters is 1. The van der Waals surface area contributed by atoms with E-state index in [9.17, 15) is 4.79 Å². The third kappa shape index (κ3) is 4.82. The first-order valence-corrected chi connectivity index (χ1v) is 12.4. The molecule has 0 N–H and O–H groups in total. The van der Waals surface area contributed by atoms with Gasteiger partial charge in [0.25, 0.3) is 0 Å². The largest absolute Gasteiger partial charge is 0.402 e. The van der Waals surface area contributed by atoms with Gasteiger partial charge in [0.1, 0.15) is 0 Å². The van der Waals surface area contributed by atoms with Crippen LogP contribution >= 0.6 is 11.6 Å². The second-order valence-electron chi connectivity index (χ2n) is 8.82. The van der Waals surface area contributed by atoms with Crippen LogP contribution in [0, 0.1) is 0 Å². The molecule has 37 heavy (non-hydrogen) atoms. The van der Waals surface area contributed by atoms with Gasteiger partial charge >= 0.3 is 5.97 Å². The molecule has 0 fully saturated rings. The summed E-state index contributed by atoms with van der Waals surface area (Å²) in [5, 5.41) is 7.70. The predicted octanol–water partition coefficient (Wildman–Crippen LogP) is 7.04. The Hall–Kier alpha value is -4.48. The van der Waals surface area contributed by atoms with Gasteiger partial charge in [-0.1, -0.05) is 84.4 Å². The lowest BCUT2D eigenvalue weighted by molar-refractivity contribution is -0.129. The average Bonchev–Trinajstić information content (AvgIpc) is 3.55. The molecule has 6 heteroatoms. The quantitative estimate of drug-likeness (QED) is 0.217. The molecule has 0 aromatic heterocycles. The van der Waals surface area contributed by atoms with Crippen molar-refractivity contribution < 1.29 is 9.53 Å². The number of hydrogen-bond donors (Lipinski definition) is 0. The van der Waals surface area contributed by atoms with Crippen LogP contribution in [0.3, 0.4) is 0 Å². The Morgan fingerprint density at radius 1 is 0.811 bits per heavy atom. The highest BCUT2D eigenvalue weighted by Crippen LogP contribution is 2.37. The van der Waals surface area contributed by atoms with Gasteiger partial charge in [-0.3, -0.25) is 5.01 Å². The number of benzene rings is 4. The van der Waals surface area contributed by atoms with Gasteiger partial charge in [-0.05, 0) is 59.2 Å². The summed E-state index contributed by atoms with van der Waals surface area (Å²) in [4.78, 5) is 16.8. The second kappa shape index (κ2) is 9.88. The Morgan fingerprint density at radius 3 is 2.19 bits per heavy atom. The lowest BCUT2D eigenvalue weighted by Gasteiger charge is -2.24. The fourth-order valence-electron chi connectivity index (χ4n) is 4.49. The maximum atomic E-state index is 12.4. The van der Waals surface area contributed by atoms with Crippen molar-refractivity contribution in [1.82, 2.24) is 0 Å². The zero-order chi connectivity index (χ0) is 25.2. The lowest BCUT2D eigenvalue weighted by atomic mass is 9.98. The number of ether oxygens (including phenoxy) is 1. The number of aliphatic imine (C=N–C) groups is 1. The molecule has 0 spiro atoms. The molecule has 4 aromatic rings. The van der Waals surface area contributed by atoms with Crippen LogP contribution in [0.2, 0.25) is 5.02 Å². The molecule has 5 nitrogen and oxygen atoms in total. The van der Waals surface area contributed by atoms with E-state index in [1.165, 1.54) is 5.56 Å². The van der Waals surface area contributed by atoms with E-state index in [0.29, 0.717) is 10.6 Å². The maximum Gasteiger partial charge on any atom is 0.363 e. The molecule has 0 aliphatic carbocycles. The van der Waals surface area contributed by atoms with Crippen molar-refractivity contribution in [2.24, 2.45) is 10.1 Å². The van der Waals surface area contributed by atoms with Gasteiger partial charge in [-0.25, -0.2) is 9.79 Å². The van der Waals surface area contributed by atoms with E-state index in [0.717, 1.165) is 28.9 Å². The van der Waals surface area contributed by atoms with E-state index in [1.54, 1.807) is 30.3 Å². The molecule has 0 saturated carbocycles. The molecule has 0 saturated heterocycles. The summed E-state index contributed by atoms with van der Waals surface area (Å²) < 4.78 is 5.37. The first-order chi connectivity index (χ1) is 18.1. The highest BCUT2D eigenvalue weighted by Gasteiger charge is 2.30. The van der Waals surface area contributed by atoms with Crippen LogP contribution < -0.4 is 5.01 Å². The van der Waals surface area contributed by atoms with Crippen LogP contribution in [0.4, 0.5) is 5.69 Å². The summed E-state index contributed by atoms with van der Waals surface area (Å²) in [6.45, 7) is 0. The van der Waals surface area contributed by atoms with Crippen molar-refractivity contribution in [2.45, 2.75) is 12.5 Å². The van der Waals surface area contributed by atoms with Crippen LogP contribution in [0.1, 0.15) is 34.7 Å². The molecule has 4 aromatic carbocycles. The monoisotopic (exact) mass is 503 g/mol. The highest BCUT2D eigenvalue weighted by atomic mass is 35.5. The summed E-state index contributed by atoms with van der Waals surface area (Å²) >= 11 is 5.96. The first-order valence-electron chi connectivity index (χ1n) is 12.0. The Labute approximate surface area is 220 Å². The number of hydrazone groups is 1. The minimum absolute atomic E-state index is 0.0944. The van der Waals surface area contributed by atoms with Gasteiger partial charge in [0.05, 0.1) is 17.4 Å². The Kier molecular flexibility index (Phi) is 6.13. The fourth-order valence-corrected chi connectivity index (χ4v) is 4.62. The molecule has 2 heterocycles. The first kappa shape index (κ1) is 23.0. The Bertz CT molecular complexity index is 1530. The normalized spacial score (nSPS) is 18.1. The van der Waals surface area contributed by atoms with Gasteiger partial charge in [0.2, 0.25) is 5.90 Å². The van der Waals surface area contributed by atoms with E-state index >= 15 is 0 Å². The lowest BCUT2D eigenvalue weighted by Crippen LogP contribution is -2.18. The molecule has 0 radical (unpaired) electrons. The molecule has 0 bridgehead atoms. The van der Waals surface area contributed by atoms with Crippen LogP contribution in [-0.2, 0) is 9.53 Å². The minimum Gasteiger partial charge on any atom is -0.402 e. The van der Waals surface area contributed by atoms with Crippen LogP contribution in [0.15, 0.2) is 125 Å². The van der Waals surface area contributed by atoms with Crippen molar-refractivity contribution in [3.05, 3.63) is 142 Å². The van der Waals surface area contributed by atoms with Crippen molar-refractivity contribution in [3.8, 4) is 0 Å². The van der Waals surface area contributed by atoms with Crippen molar-refractivity contribution in [2.75, 3.05) is 5.01 Å². The minimum atomic E-state index is -0.477. The number of carbonyl (C=O) groups is 1. The number of cyclic esters (lactones) is 1. The summed E-state index contributed by atoms with van der Waals surface area (Å²) in [6, 6.07) is 35.8. The van der Waals surface area contributed by atoms with Gasteiger partial charge in [0, 0.05) is 17.0 Å². The average molecular weight is 504 g/mol. The zero-order valence-corrected chi connectivity index (χ0v) is 20.5. The summed E-state index contributed by atoms with van der Waals surface area (Å²) in [5.41, 5.74) is 6.16. The van der Waals surface area contributed by atoms with Crippen molar-refractivity contribution >= 4 is 40.9 Å². The standard InChI is InChI=1S/C31H22ClN3O2/c32-25-15-13-24(14-16-25)30-33-28(31(36)37-30)19-21-11-17-26(18-12-21)35-29(23-9-5-2-6-10-23)20-27(34-35)22-7-3-1-4-8-22/h1-19,29H,20H2/b28-19+/t29-/m1/s1. The molecule has 0 unspecified atom stereocenters. The fraction of sp³-hybridized carbons (Fsp3) is 0.0645. The number of halogens is 1. The van der Waals surface area contributed by atoms with Gasteiger partial charge in [0.15, 0.2) is 5.70 Å². The summed E-state index contributed by atoms with van der Waals surface area (Å²) in [5.74, 6) is -0.204. The Balaban J connectivity index is 1.28. The van der Waals surface area contributed by atoms with E-state index in [1.807, 2.05) is 48.5 Å².